The molecule has 1 aromatic heterocycles. The molecule has 1 fully saturated rings. The van der Waals surface area contributed by atoms with Crippen LogP contribution in [0.4, 0.5) is 0 Å². The lowest BCUT2D eigenvalue weighted by Gasteiger charge is -2.03. The molecule has 0 amide bonds. The summed E-state index contributed by atoms with van der Waals surface area (Å²) < 4.78 is 6.74. The Hall–Kier alpha value is -1.32. The van der Waals surface area contributed by atoms with E-state index in [0.29, 0.717) is 12.5 Å². The largest absolute Gasteiger partial charge is 0.464 e. The van der Waals surface area contributed by atoms with E-state index >= 15 is 0 Å². The lowest BCUT2D eigenvalue weighted by molar-refractivity contribution is -0.144. The number of esters is 1. The summed E-state index contributed by atoms with van der Waals surface area (Å²) in [6.45, 7) is 2.83. The van der Waals surface area contributed by atoms with Gasteiger partial charge in [0.25, 0.3) is 0 Å². The molecule has 0 spiro atoms. The van der Waals surface area contributed by atoms with Gasteiger partial charge in [-0.3, -0.25) is 9.48 Å². The fourth-order valence-electron chi connectivity index (χ4n) is 1.57. The van der Waals surface area contributed by atoms with Crippen molar-refractivity contribution in [1.29, 1.82) is 0 Å². The third kappa shape index (κ3) is 3.08. The molecule has 0 atom stereocenters. The molecule has 2 rings (SSSR count). The highest BCUT2D eigenvalue weighted by molar-refractivity contribution is 5.68. The van der Waals surface area contributed by atoms with Gasteiger partial charge in [-0.15, -0.1) is 0 Å². The third-order valence-corrected chi connectivity index (χ3v) is 2.71. The minimum absolute atomic E-state index is 0.195. The SMILES string of the molecule is CCCCOC(=O)Cn1ccc(C2CC2)n1. The van der Waals surface area contributed by atoms with Crippen molar-refractivity contribution in [2.24, 2.45) is 0 Å². The zero-order chi connectivity index (χ0) is 11.4. The predicted molar refractivity (Wildman–Crippen MR) is 60.1 cm³/mol. The van der Waals surface area contributed by atoms with Gasteiger partial charge in [0.15, 0.2) is 0 Å². The molecule has 4 nitrogen and oxygen atoms in total. The average molecular weight is 222 g/mol. The molecule has 1 aromatic rings. The Morgan fingerprint density at radius 1 is 1.62 bits per heavy atom. The van der Waals surface area contributed by atoms with Gasteiger partial charge < -0.3 is 4.74 Å². The second-order valence-electron chi connectivity index (χ2n) is 4.29. The molecule has 0 saturated heterocycles. The van der Waals surface area contributed by atoms with E-state index in [4.69, 9.17) is 4.74 Å². The minimum atomic E-state index is -0.195. The first-order chi connectivity index (χ1) is 7.79. The van der Waals surface area contributed by atoms with Gasteiger partial charge in [0, 0.05) is 12.1 Å². The molecule has 0 N–H and O–H groups in total. The van der Waals surface area contributed by atoms with Gasteiger partial charge in [-0.1, -0.05) is 13.3 Å². The molecule has 16 heavy (non-hydrogen) atoms. The first-order valence-corrected chi connectivity index (χ1v) is 5.98. The van der Waals surface area contributed by atoms with Crippen LogP contribution in [0.15, 0.2) is 12.3 Å². The van der Waals surface area contributed by atoms with Gasteiger partial charge in [0.2, 0.25) is 0 Å². The molecule has 1 saturated carbocycles. The van der Waals surface area contributed by atoms with Crippen LogP contribution < -0.4 is 0 Å². The van der Waals surface area contributed by atoms with Crippen molar-refractivity contribution in [2.75, 3.05) is 6.61 Å². The number of hydrogen-bond donors (Lipinski definition) is 0. The summed E-state index contributed by atoms with van der Waals surface area (Å²) in [6, 6.07) is 2.00. The van der Waals surface area contributed by atoms with Crippen molar-refractivity contribution < 1.29 is 9.53 Å². The van der Waals surface area contributed by atoms with Crippen molar-refractivity contribution in [3.8, 4) is 0 Å². The molecule has 0 radical (unpaired) electrons. The van der Waals surface area contributed by atoms with Crippen molar-refractivity contribution in [1.82, 2.24) is 9.78 Å². The van der Waals surface area contributed by atoms with Gasteiger partial charge in [-0.25, -0.2) is 0 Å². The van der Waals surface area contributed by atoms with Crippen molar-refractivity contribution in [2.45, 2.75) is 45.1 Å². The van der Waals surface area contributed by atoms with E-state index < -0.39 is 0 Å². The van der Waals surface area contributed by atoms with E-state index in [1.807, 2.05) is 12.3 Å². The quantitative estimate of drug-likeness (QED) is 0.547. The summed E-state index contributed by atoms with van der Waals surface area (Å²) in [5, 5.41) is 4.36. The van der Waals surface area contributed by atoms with Crippen molar-refractivity contribution in [3.63, 3.8) is 0 Å². The van der Waals surface area contributed by atoms with Crippen molar-refractivity contribution in [3.05, 3.63) is 18.0 Å². The Labute approximate surface area is 95.6 Å². The zero-order valence-corrected chi connectivity index (χ0v) is 9.69. The molecule has 0 bridgehead atoms. The Bertz CT molecular complexity index is 356. The predicted octanol–water partition coefficient (Wildman–Crippen LogP) is 2.10. The summed E-state index contributed by atoms with van der Waals surface area (Å²) in [7, 11) is 0. The van der Waals surface area contributed by atoms with Crippen LogP contribution in [0.25, 0.3) is 0 Å². The molecule has 0 unspecified atom stereocenters. The maximum Gasteiger partial charge on any atom is 0.327 e. The molecule has 1 aliphatic rings. The van der Waals surface area contributed by atoms with Gasteiger partial charge in [0.1, 0.15) is 6.54 Å². The molecular weight excluding hydrogens is 204 g/mol. The Morgan fingerprint density at radius 2 is 2.44 bits per heavy atom. The number of hydrogen-bond acceptors (Lipinski definition) is 3. The number of carbonyl (C=O) groups is 1. The second-order valence-corrected chi connectivity index (χ2v) is 4.29. The fraction of sp³-hybridized carbons (Fsp3) is 0.667. The number of nitrogens with zero attached hydrogens (tertiary/aromatic N) is 2. The first kappa shape index (κ1) is 11.2. The summed E-state index contributed by atoms with van der Waals surface area (Å²) in [6.07, 6.45) is 6.30. The highest BCUT2D eigenvalue weighted by Crippen LogP contribution is 2.38. The van der Waals surface area contributed by atoms with Crippen LogP contribution in [0.5, 0.6) is 0 Å². The van der Waals surface area contributed by atoms with Gasteiger partial charge in [-0.2, -0.15) is 5.10 Å². The summed E-state index contributed by atoms with van der Waals surface area (Å²) in [5.74, 6) is 0.441. The molecule has 88 valence electrons. The number of unbranched alkanes of at least 4 members (excludes halogenated alkanes) is 1. The summed E-state index contributed by atoms with van der Waals surface area (Å²) in [4.78, 5) is 11.4. The van der Waals surface area contributed by atoms with Gasteiger partial charge in [0.05, 0.1) is 12.3 Å². The van der Waals surface area contributed by atoms with E-state index in [0.717, 1.165) is 18.5 Å². The highest BCUT2D eigenvalue weighted by atomic mass is 16.5. The average Bonchev–Trinajstić information content (AvgIpc) is 3.01. The maximum atomic E-state index is 11.4. The van der Waals surface area contributed by atoms with Crippen LogP contribution >= 0.6 is 0 Å². The Kier molecular flexibility index (Phi) is 3.59. The molecule has 4 heteroatoms. The molecule has 0 aliphatic heterocycles. The number of ether oxygens (including phenoxy) is 1. The first-order valence-electron chi connectivity index (χ1n) is 5.98. The summed E-state index contributed by atoms with van der Waals surface area (Å²) >= 11 is 0. The molecule has 1 heterocycles. The second kappa shape index (κ2) is 5.14. The molecule has 1 aliphatic carbocycles. The van der Waals surface area contributed by atoms with Crippen LogP contribution in [0.2, 0.25) is 0 Å². The number of carbonyl (C=O) groups excluding carboxylic acids is 1. The smallest absolute Gasteiger partial charge is 0.327 e. The van der Waals surface area contributed by atoms with Gasteiger partial charge >= 0.3 is 5.97 Å². The molecule has 0 aromatic carbocycles. The lowest BCUT2D eigenvalue weighted by Crippen LogP contribution is -2.14. The minimum Gasteiger partial charge on any atom is -0.464 e. The monoisotopic (exact) mass is 222 g/mol. The molecular formula is C12H18N2O2. The van der Waals surface area contributed by atoms with Crippen molar-refractivity contribution >= 4 is 5.97 Å². The van der Waals surface area contributed by atoms with E-state index in [-0.39, 0.29) is 12.5 Å². The topological polar surface area (TPSA) is 44.1 Å². The van der Waals surface area contributed by atoms with Crippen LogP contribution in [-0.2, 0) is 16.1 Å². The number of rotatable bonds is 6. The fourth-order valence-corrected chi connectivity index (χ4v) is 1.57. The standard InChI is InChI=1S/C12H18N2O2/c1-2-3-8-16-12(15)9-14-7-6-11(13-14)10-4-5-10/h6-7,10H,2-5,8-9H2,1H3. The highest BCUT2D eigenvalue weighted by Gasteiger charge is 2.25. The van der Waals surface area contributed by atoms with E-state index in [9.17, 15) is 4.79 Å². The lowest BCUT2D eigenvalue weighted by atomic mass is 10.3. The van der Waals surface area contributed by atoms with Crippen LogP contribution in [0.1, 0.15) is 44.2 Å². The Balaban J connectivity index is 1.76. The maximum absolute atomic E-state index is 11.4. The van der Waals surface area contributed by atoms with Crippen LogP contribution in [0.3, 0.4) is 0 Å². The Morgan fingerprint density at radius 3 is 3.12 bits per heavy atom. The van der Waals surface area contributed by atoms with E-state index in [1.54, 1.807) is 4.68 Å². The normalized spacial score (nSPS) is 15.1. The van der Waals surface area contributed by atoms with Gasteiger partial charge in [-0.05, 0) is 25.3 Å². The number of aromatic nitrogens is 2. The zero-order valence-electron chi connectivity index (χ0n) is 9.69. The van der Waals surface area contributed by atoms with E-state index in [1.165, 1.54) is 12.8 Å². The van der Waals surface area contributed by atoms with E-state index in [2.05, 4.69) is 12.0 Å². The van der Waals surface area contributed by atoms with Crippen LogP contribution in [0, 0.1) is 0 Å². The third-order valence-electron chi connectivity index (χ3n) is 2.71. The van der Waals surface area contributed by atoms with Crippen LogP contribution in [-0.4, -0.2) is 22.4 Å². The summed E-state index contributed by atoms with van der Waals surface area (Å²) in [5.41, 5.74) is 1.11.